The highest BCUT2D eigenvalue weighted by Crippen LogP contribution is 2.25. The standard InChI is InChI=1S/C22H27N5O2/c1-4-6-12-27-20-18(19-21(27)25-17-11-8-7-10-16(17)24-19)22(28)26(15(3)23-20)13-9-14-29-5-2/h7-8,10-11H,4-6,9,12-14H2,1-3H3. The molecule has 0 aliphatic heterocycles. The van der Waals surface area contributed by atoms with Gasteiger partial charge in [-0.05, 0) is 38.8 Å². The van der Waals surface area contributed by atoms with Gasteiger partial charge in [0.25, 0.3) is 5.56 Å². The molecule has 0 saturated heterocycles. The van der Waals surface area contributed by atoms with Crippen molar-refractivity contribution in [2.75, 3.05) is 13.2 Å². The molecule has 4 aromatic rings. The van der Waals surface area contributed by atoms with Crippen LogP contribution in [0.1, 0.15) is 38.9 Å². The summed E-state index contributed by atoms with van der Waals surface area (Å²) in [6.45, 7) is 8.67. The number of ether oxygens (including phenoxy) is 1. The summed E-state index contributed by atoms with van der Waals surface area (Å²) in [6, 6.07) is 7.77. The van der Waals surface area contributed by atoms with Gasteiger partial charge >= 0.3 is 0 Å². The van der Waals surface area contributed by atoms with Crippen molar-refractivity contribution < 1.29 is 4.74 Å². The Labute approximate surface area is 169 Å². The average molecular weight is 393 g/mol. The number of benzene rings is 1. The number of hydrogen-bond donors (Lipinski definition) is 0. The molecule has 0 N–H and O–H groups in total. The van der Waals surface area contributed by atoms with Crippen molar-refractivity contribution in [2.45, 2.75) is 53.1 Å². The van der Waals surface area contributed by atoms with Crippen molar-refractivity contribution >= 4 is 33.2 Å². The van der Waals surface area contributed by atoms with Crippen LogP contribution in [-0.4, -0.2) is 37.3 Å². The number of hydrogen-bond acceptors (Lipinski definition) is 5. The third-order valence-electron chi connectivity index (χ3n) is 5.25. The summed E-state index contributed by atoms with van der Waals surface area (Å²) in [5.74, 6) is 0.712. The van der Waals surface area contributed by atoms with Crippen LogP contribution in [-0.2, 0) is 17.8 Å². The van der Waals surface area contributed by atoms with Gasteiger partial charge in [0.1, 0.15) is 16.7 Å². The third-order valence-corrected chi connectivity index (χ3v) is 5.25. The molecule has 152 valence electrons. The van der Waals surface area contributed by atoms with Gasteiger partial charge in [0.15, 0.2) is 11.3 Å². The number of unbranched alkanes of at least 4 members (excludes halogenated alkanes) is 1. The highest BCUT2D eigenvalue weighted by molar-refractivity contribution is 6.04. The van der Waals surface area contributed by atoms with Crippen LogP contribution in [0.15, 0.2) is 29.1 Å². The Balaban J connectivity index is 1.96. The van der Waals surface area contributed by atoms with Gasteiger partial charge in [0.05, 0.1) is 11.0 Å². The molecule has 0 spiro atoms. The van der Waals surface area contributed by atoms with Crippen LogP contribution < -0.4 is 5.56 Å². The molecule has 29 heavy (non-hydrogen) atoms. The summed E-state index contributed by atoms with van der Waals surface area (Å²) >= 11 is 0. The Morgan fingerprint density at radius 1 is 0.931 bits per heavy atom. The molecule has 0 amide bonds. The van der Waals surface area contributed by atoms with Crippen molar-refractivity contribution in [3.05, 3.63) is 40.4 Å². The maximum atomic E-state index is 13.5. The lowest BCUT2D eigenvalue weighted by Gasteiger charge is -2.10. The number of nitrogens with zero attached hydrogens (tertiary/aromatic N) is 5. The molecule has 7 heteroatoms. The van der Waals surface area contributed by atoms with E-state index >= 15 is 0 Å². The van der Waals surface area contributed by atoms with Crippen LogP contribution in [0.25, 0.3) is 33.2 Å². The normalized spacial score (nSPS) is 11.8. The van der Waals surface area contributed by atoms with E-state index < -0.39 is 0 Å². The van der Waals surface area contributed by atoms with Crippen LogP contribution in [0, 0.1) is 6.92 Å². The first kappa shape index (κ1) is 19.5. The van der Waals surface area contributed by atoms with Gasteiger partial charge in [-0.25, -0.2) is 15.0 Å². The van der Waals surface area contributed by atoms with Gasteiger partial charge in [-0.1, -0.05) is 25.5 Å². The maximum absolute atomic E-state index is 13.5. The number of para-hydroxylation sites is 2. The van der Waals surface area contributed by atoms with E-state index in [-0.39, 0.29) is 5.56 Å². The monoisotopic (exact) mass is 393 g/mol. The zero-order chi connectivity index (χ0) is 20.4. The van der Waals surface area contributed by atoms with Crippen LogP contribution in [0.2, 0.25) is 0 Å². The lowest BCUT2D eigenvalue weighted by atomic mass is 10.3. The Hall–Kier alpha value is -2.80. The van der Waals surface area contributed by atoms with E-state index in [1.54, 1.807) is 4.57 Å². The highest BCUT2D eigenvalue weighted by Gasteiger charge is 2.20. The number of rotatable bonds is 8. The molecule has 0 aliphatic rings. The number of aryl methyl sites for hydroxylation is 2. The maximum Gasteiger partial charge on any atom is 0.265 e. The molecule has 0 atom stereocenters. The second-order valence-electron chi connectivity index (χ2n) is 7.25. The second kappa shape index (κ2) is 8.29. The van der Waals surface area contributed by atoms with E-state index in [4.69, 9.17) is 19.7 Å². The highest BCUT2D eigenvalue weighted by atomic mass is 16.5. The van der Waals surface area contributed by atoms with Crippen molar-refractivity contribution in [2.24, 2.45) is 0 Å². The van der Waals surface area contributed by atoms with Crippen molar-refractivity contribution in [1.82, 2.24) is 24.1 Å². The first-order chi connectivity index (χ1) is 14.2. The molecule has 0 unspecified atom stereocenters. The molecule has 3 aromatic heterocycles. The SMILES string of the molecule is CCCCn1c2nc3ccccc3nc2c2c(=O)n(CCCOCC)c(C)nc21. The molecule has 0 aliphatic carbocycles. The minimum Gasteiger partial charge on any atom is -0.382 e. The van der Waals surface area contributed by atoms with E-state index in [9.17, 15) is 4.79 Å². The van der Waals surface area contributed by atoms with Gasteiger partial charge in [-0.2, -0.15) is 0 Å². The molecular weight excluding hydrogens is 366 g/mol. The summed E-state index contributed by atoms with van der Waals surface area (Å²) in [5.41, 5.74) is 3.64. The third kappa shape index (κ3) is 3.51. The lowest BCUT2D eigenvalue weighted by molar-refractivity contribution is 0.141. The molecule has 7 nitrogen and oxygen atoms in total. The smallest absolute Gasteiger partial charge is 0.265 e. The lowest BCUT2D eigenvalue weighted by Crippen LogP contribution is -2.25. The summed E-state index contributed by atoms with van der Waals surface area (Å²) in [7, 11) is 0. The minimum absolute atomic E-state index is 0.0474. The average Bonchev–Trinajstić information content (AvgIpc) is 3.02. The minimum atomic E-state index is -0.0474. The number of aromatic nitrogens is 5. The van der Waals surface area contributed by atoms with Crippen LogP contribution in [0.3, 0.4) is 0 Å². The molecule has 0 radical (unpaired) electrons. The number of fused-ring (bicyclic) bond motifs is 4. The van der Waals surface area contributed by atoms with Crippen LogP contribution >= 0.6 is 0 Å². The fourth-order valence-electron chi connectivity index (χ4n) is 3.76. The van der Waals surface area contributed by atoms with Crippen LogP contribution in [0.5, 0.6) is 0 Å². The summed E-state index contributed by atoms with van der Waals surface area (Å²) in [4.78, 5) is 27.9. The zero-order valence-corrected chi connectivity index (χ0v) is 17.3. The van der Waals surface area contributed by atoms with Crippen LogP contribution in [0.4, 0.5) is 0 Å². The fourth-order valence-corrected chi connectivity index (χ4v) is 3.76. The van der Waals surface area contributed by atoms with E-state index in [0.29, 0.717) is 42.1 Å². The summed E-state index contributed by atoms with van der Waals surface area (Å²) < 4.78 is 9.23. The van der Waals surface area contributed by atoms with Gasteiger partial charge in [-0.15, -0.1) is 0 Å². The van der Waals surface area contributed by atoms with Crippen molar-refractivity contribution in [3.8, 4) is 0 Å². The van der Waals surface area contributed by atoms with E-state index in [0.717, 1.165) is 42.5 Å². The van der Waals surface area contributed by atoms with Crippen molar-refractivity contribution in [3.63, 3.8) is 0 Å². The molecule has 0 fully saturated rings. The van der Waals surface area contributed by atoms with Gasteiger partial charge in [-0.3, -0.25) is 9.36 Å². The summed E-state index contributed by atoms with van der Waals surface area (Å²) in [6.07, 6.45) is 2.81. The Morgan fingerprint density at radius 2 is 1.66 bits per heavy atom. The van der Waals surface area contributed by atoms with Gasteiger partial charge < -0.3 is 9.30 Å². The molecule has 1 aromatic carbocycles. The zero-order valence-electron chi connectivity index (χ0n) is 17.3. The molecule has 0 saturated carbocycles. The van der Waals surface area contributed by atoms with Crippen molar-refractivity contribution in [1.29, 1.82) is 0 Å². The quantitative estimate of drug-likeness (QED) is 0.425. The largest absolute Gasteiger partial charge is 0.382 e. The molecule has 3 heterocycles. The summed E-state index contributed by atoms with van der Waals surface area (Å²) in [5, 5.41) is 0.566. The van der Waals surface area contributed by atoms with Gasteiger partial charge in [0, 0.05) is 26.3 Å². The Bertz CT molecular complexity index is 1230. The first-order valence-electron chi connectivity index (χ1n) is 10.4. The molecular formula is C22H27N5O2. The first-order valence-corrected chi connectivity index (χ1v) is 10.4. The molecule has 0 bridgehead atoms. The van der Waals surface area contributed by atoms with E-state index in [1.807, 2.05) is 38.1 Å². The predicted octanol–water partition coefficient (Wildman–Crippen LogP) is 3.83. The molecule has 4 rings (SSSR count). The van der Waals surface area contributed by atoms with Gasteiger partial charge in [0.2, 0.25) is 0 Å². The second-order valence-corrected chi connectivity index (χ2v) is 7.25. The fraction of sp³-hybridized carbons (Fsp3) is 0.455. The topological polar surface area (TPSA) is 74.8 Å². The Kier molecular flexibility index (Phi) is 5.58. The predicted molar refractivity (Wildman–Crippen MR) is 115 cm³/mol. The van der Waals surface area contributed by atoms with E-state index in [1.165, 1.54) is 0 Å². The van der Waals surface area contributed by atoms with E-state index in [2.05, 4.69) is 11.5 Å². The Morgan fingerprint density at radius 3 is 2.38 bits per heavy atom.